The molecule has 18 heavy (non-hydrogen) atoms. The third-order valence-electron chi connectivity index (χ3n) is 2.25. The van der Waals surface area contributed by atoms with Crippen molar-refractivity contribution in [1.82, 2.24) is 10.2 Å². The standard InChI is InChI=1S/C12H11N3S3/c1-16-11-14-15-12(18-11)17-10(7-8-13)9-5-3-2-4-6-9/h2-6,10H,7H2,1H3. The summed E-state index contributed by atoms with van der Waals surface area (Å²) in [7, 11) is 0. The number of hydrogen-bond acceptors (Lipinski definition) is 6. The van der Waals surface area contributed by atoms with E-state index < -0.39 is 0 Å². The Morgan fingerprint density at radius 2 is 2.00 bits per heavy atom. The molecule has 0 aliphatic rings. The monoisotopic (exact) mass is 293 g/mol. The third-order valence-corrected chi connectivity index (χ3v) is 5.49. The molecule has 1 atom stereocenters. The van der Waals surface area contributed by atoms with Gasteiger partial charge in [-0.05, 0) is 11.8 Å². The fourth-order valence-electron chi connectivity index (χ4n) is 1.43. The van der Waals surface area contributed by atoms with Crippen LogP contribution in [0.3, 0.4) is 0 Å². The molecule has 1 heterocycles. The van der Waals surface area contributed by atoms with Crippen molar-refractivity contribution >= 4 is 34.9 Å². The lowest BCUT2D eigenvalue weighted by atomic mass is 10.1. The molecule has 1 unspecified atom stereocenters. The van der Waals surface area contributed by atoms with Crippen LogP contribution < -0.4 is 0 Å². The van der Waals surface area contributed by atoms with E-state index in [2.05, 4.69) is 16.3 Å². The van der Waals surface area contributed by atoms with Crippen LogP contribution in [0.1, 0.15) is 17.2 Å². The first-order valence-corrected chi connectivity index (χ1v) is 8.21. The fourth-order valence-corrected chi connectivity index (χ4v) is 4.15. The highest BCUT2D eigenvalue weighted by molar-refractivity contribution is 8.03. The van der Waals surface area contributed by atoms with E-state index in [0.29, 0.717) is 6.42 Å². The van der Waals surface area contributed by atoms with Crippen molar-refractivity contribution in [2.24, 2.45) is 0 Å². The average molecular weight is 293 g/mol. The Morgan fingerprint density at radius 1 is 1.28 bits per heavy atom. The highest BCUT2D eigenvalue weighted by atomic mass is 32.2. The van der Waals surface area contributed by atoms with E-state index in [1.165, 1.54) is 0 Å². The van der Waals surface area contributed by atoms with E-state index in [4.69, 9.17) is 5.26 Å². The molecule has 0 aliphatic carbocycles. The molecule has 0 fully saturated rings. The molecule has 92 valence electrons. The Morgan fingerprint density at radius 3 is 2.61 bits per heavy atom. The summed E-state index contributed by atoms with van der Waals surface area (Å²) < 4.78 is 1.88. The van der Waals surface area contributed by atoms with Crippen molar-refractivity contribution in [2.75, 3.05) is 6.26 Å². The van der Waals surface area contributed by atoms with Gasteiger partial charge in [0.25, 0.3) is 0 Å². The Hall–Kier alpha value is -1.03. The molecule has 0 N–H and O–H groups in total. The minimum Gasteiger partial charge on any atom is -0.198 e. The van der Waals surface area contributed by atoms with Crippen LogP contribution in [0.4, 0.5) is 0 Å². The van der Waals surface area contributed by atoms with Gasteiger partial charge in [0.05, 0.1) is 12.5 Å². The van der Waals surface area contributed by atoms with Gasteiger partial charge in [-0.25, -0.2) is 0 Å². The minimum atomic E-state index is 0.124. The Kier molecular flexibility index (Phi) is 5.05. The Bertz CT molecular complexity index is 533. The second kappa shape index (κ2) is 6.78. The number of rotatable bonds is 5. The third kappa shape index (κ3) is 3.48. The van der Waals surface area contributed by atoms with Crippen LogP contribution in [0.2, 0.25) is 0 Å². The topological polar surface area (TPSA) is 49.6 Å². The first-order valence-electron chi connectivity index (χ1n) is 5.29. The maximum Gasteiger partial charge on any atom is 0.175 e. The number of thioether (sulfide) groups is 2. The van der Waals surface area contributed by atoms with Gasteiger partial charge in [-0.2, -0.15) is 5.26 Å². The van der Waals surface area contributed by atoms with Crippen LogP contribution in [0, 0.1) is 11.3 Å². The fraction of sp³-hybridized carbons (Fsp3) is 0.250. The van der Waals surface area contributed by atoms with E-state index in [-0.39, 0.29) is 5.25 Å². The summed E-state index contributed by atoms with van der Waals surface area (Å²) >= 11 is 4.78. The smallest absolute Gasteiger partial charge is 0.175 e. The normalized spacial score (nSPS) is 12.0. The highest BCUT2D eigenvalue weighted by Gasteiger charge is 2.15. The van der Waals surface area contributed by atoms with Crippen molar-refractivity contribution in [3.05, 3.63) is 35.9 Å². The predicted molar refractivity (Wildman–Crippen MR) is 77.0 cm³/mol. The summed E-state index contributed by atoms with van der Waals surface area (Å²) in [4.78, 5) is 0. The maximum atomic E-state index is 8.93. The quantitative estimate of drug-likeness (QED) is 0.780. The van der Waals surface area contributed by atoms with Crippen LogP contribution in [0.5, 0.6) is 0 Å². The van der Waals surface area contributed by atoms with E-state index in [1.54, 1.807) is 34.9 Å². The Balaban J connectivity index is 2.14. The lowest BCUT2D eigenvalue weighted by molar-refractivity contribution is 0.936. The number of hydrogen-bond donors (Lipinski definition) is 0. The zero-order valence-corrected chi connectivity index (χ0v) is 12.2. The van der Waals surface area contributed by atoms with Gasteiger partial charge in [-0.1, -0.05) is 65.2 Å². The summed E-state index contributed by atoms with van der Waals surface area (Å²) in [6.45, 7) is 0. The maximum absolute atomic E-state index is 8.93. The van der Waals surface area contributed by atoms with Gasteiger partial charge in [0.15, 0.2) is 8.68 Å². The molecule has 0 saturated carbocycles. The van der Waals surface area contributed by atoms with Gasteiger partial charge in [-0.3, -0.25) is 0 Å². The lowest BCUT2D eigenvalue weighted by Crippen LogP contribution is -1.92. The van der Waals surface area contributed by atoms with Crippen LogP contribution in [-0.4, -0.2) is 16.5 Å². The van der Waals surface area contributed by atoms with Gasteiger partial charge in [-0.15, -0.1) is 10.2 Å². The van der Waals surface area contributed by atoms with Gasteiger partial charge in [0.2, 0.25) is 0 Å². The van der Waals surface area contributed by atoms with Crippen LogP contribution in [-0.2, 0) is 0 Å². The lowest BCUT2D eigenvalue weighted by Gasteiger charge is -2.10. The van der Waals surface area contributed by atoms with Gasteiger partial charge >= 0.3 is 0 Å². The molecule has 6 heteroatoms. The summed E-state index contributed by atoms with van der Waals surface area (Å²) in [6.07, 6.45) is 2.46. The van der Waals surface area contributed by atoms with E-state index in [1.807, 2.05) is 36.6 Å². The number of benzene rings is 1. The molecule has 3 nitrogen and oxygen atoms in total. The molecule has 0 spiro atoms. The van der Waals surface area contributed by atoms with Crippen molar-refractivity contribution < 1.29 is 0 Å². The van der Waals surface area contributed by atoms with Crippen molar-refractivity contribution in [2.45, 2.75) is 20.4 Å². The van der Waals surface area contributed by atoms with Crippen LogP contribution in [0.25, 0.3) is 0 Å². The van der Waals surface area contributed by atoms with Crippen LogP contribution in [0.15, 0.2) is 39.0 Å². The molecular weight excluding hydrogens is 282 g/mol. The van der Waals surface area contributed by atoms with Gasteiger partial charge < -0.3 is 0 Å². The molecule has 0 aliphatic heterocycles. The largest absolute Gasteiger partial charge is 0.198 e. The van der Waals surface area contributed by atoms with Gasteiger partial charge in [0, 0.05) is 5.25 Å². The molecule has 0 amide bonds. The number of aromatic nitrogens is 2. The van der Waals surface area contributed by atoms with Crippen LogP contribution >= 0.6 is 34.9 Å². The molecule has 2 rings (SSSR count). The molecule has 1 aromatic carbocycles. The molecular formula is C12H11N3S3. The zero-order valence-electron chi connectivity index (χ0n) is 9.74. The Labute approximate surface area is 119 Å². The van der Waals surface area contributed by atoms with Crippen molar-refractivity contribution in [3.8, 4) is 6.07 Å². The summed E-state index contributed by atoms with van der Waals surface area (Å²) in [6, 6.07) is 12.3. The van der Waals surface area contributed by atoms with E-state index in [9.17, 15) is 0 Å². The van der Waals surface area contributed by atoms with Crippen molar-refractivity contribution in [1.29, 1.82) is 5.26 Å². The highest BCUT2D eigenvalue weighted by Crippen LogP contribution is 2.39. The van der Waals surface area contributed by atoms with E-state index in [0.717, 1.165) is 14.2 Å². The second-order valence-corrected chi connectivity index (χ2v) is 6.90. The zero-order chi connectivity index (χ0) is 12.8. The number of nitrogens with zero attached hydrogens (tertiary/aromatic N) is 3. The summed E-state index contributed by atoms with van der Waals surface area (Å²) in [5.74, 6) is 0. The molecule has 0 saturated heterocycles. The SMILES string of the molecule is CSc1nnc(SC(CC#N)c2ccccc2)s1. The first-order chi connectivity index (χ1) is 8.83. The summed E-state index contributed by atoms with van der Waals surface area (Å²) in [5.41, 5.74) is 1.16. The average Bonchev–Trinajstić information content (AvgIpc) is 2.87. The molecule has 2 aromatic rings. The number of nitriles is 1. The second-order valence-electron chi connectivity index (χ2n) is 3.42. The molecule has 0 bridgehead atoms. The summed E-state index contributed by atoms with van der Waals surface area (Å²) in [5, 5.41) is 17.3. The molecule has 1 aromatic heterocycles. The molecule has 0 radical (unpaired) electrons. The van der Waals surface area contributed by atoms with E-state index >= 15 is 0 Å². The predicted octanol–water partition coefficient (Wildman–Crippen LogP) is 4.01. The first kappa shape index (κ1) is 13.4. The van der Waals surface area contributed by atoms with Crippen molar-refractivity contribution in [3.63, 3.8) is 0 Å². The minimum absolute atomic E-state index is 0.124. The van der Waals surface area contributed by atoms with Gasteiger partial charge in [0.1, 0.15) is 0 Å².